The molecule has 1 aliphatic heterocycles. The van der Waals surface area contributed by atoms with Gasteiger partial charge in [0.2, 0.25) is 5.91 Å². The number of nitrogens with zero attached hydrogens (tertiary/aromatic N) is 2. The van der Waals surface area contributed by atoms with E-state index in [1.807, 2.05) is 17.3 Å². The molecule has 19 heavy (non-hydrogen) atoms. The number of hydrogen-bond donors (Lipinski definition) is 1. The van der Waals surface area contributed by atoms with Crippen molar-refractivity contribution in [3.63, 3.8) is 0 Å². The summed E-state index contributed by atoms with van der Waals surface area (Å²) in [5.41, 5.74) is 0. The molecule has 0 aromatic carbocycles. The summed E-state index contributed by atoms with van der Waals surface area (Å²) < 4.78 is 1.09. The third-order valence-corrected chi connectivity index (χ3v) is 4.91. The number of carbonyl (C=O) groups is 1. The Labute approximate surface area is 126 Å². The zero-order valence-electron chi connectivity index (χ0n) is 11.2. The molecule has 1 aliphatic rings. The second kappa shape index (κ2) is 7.38. The van der Waals surface area contributed by atoms with Gasteiger partial charge in [-0.25, -0.2) is 0 Å². The Kier molecular flexibility index (Phi) is 5.81. The quantitative estimate of drug-likeness (QED) is 0.903. The van der Waals surface area contributed by atoms with E-state index in [1.54, 1.807) is 11.3 Å². The second-order valence-corrected chi connectivity index (χ2v) is 6.77. The molecule has 1 amide bonds. The van der Waals surface area contributed by atoms with E-state index >= 15 is 0 Å². The van der Waals surface area contributed by atoms with Crippen LogP contribution in [0.3, 0.4) is 0 Å². The molecule has 1 saturated heterocycles. The number of amides is 1. The molecule has 6 heteroatoms. The summed E-state index contributed by atoms with van der Waals surface area (Å²) in [7, 11) is 1.88. The van der Waals surface area contributed by atoms with Gasteiger partial charge >= 0.3 is 0 Å². The van der Waals surface area contributed by atoms with Crippen molar-refractivity contribution in [2.45, 2.75) is 13.0 Å². The van der Waals surface area contributed by atoms with Crippen LogP contribution in [-0.4, -0.2) is 55.5 Å². The van der Waals surface area contributed by atoms with Crippen molar-refractivity contribution in [3.8, 4) is 0 Å². The number of halogens is 1. The molecule has 1 aromatic rings. The van der Waals surface area contributed by atoms with E-state index in [4.69, 9.17) is 0 Å². The zero-order chi connectivity index (χ0) is 13.7. The number of rotatable bonds is 4. The summed E-state index contributed by atoms with van der Waals surface area (Å²) in [4.78, 5) is 17.5. The lowest BCUT2D eigenvalue weighted by Crippen LogP contribution is -2.39. The lowest BCUT2D eigenvalue weighted by atomic mass is 10.3. The highest BCUT2D eigenvalue weighted by Gasteiger charge is 2.16. The highest BCUT2D eigenvalue weighted by atomic mass is 79.9. The second-order valence-electron chi connectivity index (χ2n) is 4.86. The van der Waals surface area contributed by atoms with Crippen molar-refractivity contribution in [2.24, 2.45) is 0 Å². The van der Waals surface area contributed by atoms with Gasteiger partial charge in [0.05, 0.1) is 13.1 Å². The number of hydrogen-bond acceptors (Lipinski definition) is 4. The predicted molar refractivity (Wildman–Crippen MR) is 82.4 cm³/mol. The van der Waals surface area contributed by atoms with Gasteiger partial charge < -0.3 is 10.2 Å². The Morgan fingerprint density at radius 1 is 1.53 bits per heavy atom. The summed E-state index contributed by atoms with van der Waals surface area (Å²) in [6.45, 7) is 5.24. The molecule has 0 spiro atoms. The maximum atomic E-state index is 12.2. The van der Waals surface area contributed by atoms with Gasteiger partial charge in [-0.2, -0.15) is 0 Å². The van der Waals surface area contributed by atoms with E-state index in [-0.39, 0.29) is 5.91 Å². The maximum Gasteiger partial charge on any atom is 0.236 e. The van der Waals surface area contributed by atoms with Gasteiger partial charge in [0.25, 0.3) is 0 Å². The van der Waals surface area contributed by atoms with Crippen molar-refractivity contribution < 1.29 is 4.79 Å². The highest BCUT2D eigenvalue weighted by molar-refractivity contribution is 9.10. The normalized spacial score (nSPS) is 17.2. The third-order valence-electron chi connectivity index (χ3n) is 3.23. The monoisotopic (exact) mass is 345 g/mol. The average molecular weight is 346 g/mol. The molecule has 1 fully saturated rings. The van der Waals surface area contributed by atoms with Crippen LogP contribution in [0, 0.1) is 0 Å². The minimum absolute atomic E-state index is 0.200. The van der Waals surface area contributed by atoms with Crippen molar-refractivity contribution in [2.75, 3.05) is 39.8 Å². The molecule has 1 N–H and O–H groups in total. The summed E-state index contributed by atoms with van der Waals surface area (Å²) in [6, 6.07) is 2.07. The van der Waals surface area contributed by atoms with E-state index in [0.29, 0.717) is 13.1 Å². The van der Waals surface area contributed by atoms with Crippen LogP contribution in [0.1, 0.15) is 11.3 Å². The standard InChI is InChI=1S/C13H20BrN3OS/c1-16(8-12-7-11(14)10-19-12)13(18)9-17-5-2-3-15-4-6-17/h7,10,15H,2-6,8-9H2,1H3. The molecular formula is C13H20BrN3OS. The van der Waals surface area contributed by atoms with Crippen molar-refractivity contribution in [1.29, 1.82) is 0 Å². The molecule has 2 rings (SSSR count). The van der Waals surface area contributed by atoms with Gasteiger partial charge in [0.1, 0.15) is 0 Å². The molecule has 0 saturated carbocycles. The highest BCUT2D eigenvalue weighted by Crippen LogP contribution is 2.20. The molecular weight excluding hydrogens is 326 g/mol. The molecule has 4 nitrogen and oxygen atoms in total. The van der Waals surface area contributed by atoms with Crippen LogP contribution < -0.4 is 5.32 Å². The van der Waals surface area contributed by atoms with Crippen LogP contribution in [0.25, 0.3) is 0 Å². The molecule has 0 aliphatic carbocycles. The maximum absolute atomic E-state index is 12.2. The minimum atomic E-state index is 0.200. The number of thiophene rings is 1. The average Bonchev–Trinajstić information content (AvgIpc) is 2.64. The molecule has 106 valence electrons. The molecule has 2 heterocycles. The lowest BCUT2D eigenvalue weighted by molar-refractivity contribution is -0.131. The summed E-state index contributed by atoms with van der Waals surface area (Å²) in [5.74, 6) is 0.200. The van der Waals surface area contributed by atoms with E-state index in [0.717, 1.165) is 37.1 Å². The van der Waals surface area contributed by atoms with Crippen LogP contribution >= 0.6 is 27.3 Å². The first-order valence-corrected chi connectivity index (χ1v) is 8.22. The van der Waals surface area contributed by atoms with Gasteiger partial charge in [-0.1, -0.05) is 0 Å². The van der Waals surface area contributed by atoms with Gasteiger partial charge in [0, 0.05) is 34.9 Å². The Bertz CT molecular complexity index is 416. The molecule has 1 aromatic heterocycles. The topological polar surface area (TPSA) is 35.6 Å². The fourth-order valence-electron chi connectivity index (χ4n) is 2.13. The van der Waals surface area contributed by atoms with Crippen LogP contribution in [0.15, 0.2) is 15.9 Å². The van der Waals surface area contributed by atoms with E-state index in [9.17, 15) is 4.79 Å². The summed E-state index contributed by atoms with van der Waals surface area (Å²) in [6.07, 6.45) is 1.12. The lowest BCUT2D eigenvalue weighted by Gasteiger charge is -2.23. The zero-order valence-corrected chi connectivity index (χ0v) is 13.6. The van der Waals surface area contributed by atoms with Crippen LogP contribution in [0.4, 0.5) is 0 Å². The van der Waals surface area contributed by atoms with Gasteiger partial charge in [-0.15, -0.1) is 11.3 Å². The number of carbonyl (C=O) groups excluding carboxylic acids is 1. The molecule has 0 unspecified atom stereocenters. The summed E-state index contributed by atoms with van der Waals surface area (Å²) in [5, 5.41) is 5.40. The van der Waals surface area contributed by atoms with Crippen molar-refractivity contribution in [1.82, 2.24) is 15.1 Å². The Hall–Kier alpha value is -0.430. The Morgan fingerprint density at radius 3 is 3.11 bits per heavy atom. The van der Waals surface area contributed by atoms with E-state index in [2.05, 4.69) is 32.2 Å². The molecule has 0 atom stereocenters. The van der Waals surface area contributed by atoms with E-state index < -0.39 is 0 Å². The Balaban J connectivity index is 1.81. The first-order valence-electron chi connectivity index (χ1n) is 6.55. The molecule has 0 radical (unpaired) electrons. The Morgan fingerprint density at radius 2 is 2.37 bits per heavy atom. The van der Waals surface area contributed by atoms with E-state index in [1.165, 1.54) is 4.88 Å². The van der Waals surface area contributed by atoms with Crippen LogP contribution in [0.2, 0.25) is 0 Å². The first-order chi connectivity index (χ1) is 9.15. The number of likely N-dealkylation sites (N-methyl/N-ethyl adjacent to an activating group) is 1. The van der Waals surface area contributed by atoms with Crippen molar-refractivity contribution in [3.05, 3.63) is 20.8 Å². The largest absolute Gasteiger partial charge is 0.340 e. The first kappa shape index (κ1) is 15.0. The summed E-state index contributed by atoms with van der Waals surface area (Å²) >= 11 is 5.12. The SMILES string of the molecule is CN(Cc1cc(Br)cs1)C(=O)CN1CCCNCC1. The van der Waals surface area contributed by atoms with Crippen molar-refractivity contribution >= 4 is 33.2 Å². The molecule has 0 bridgehead atoms. The van der Waals surface area contributed by atoms with Gasteiger partial charge in [0.15, 0.2) is 0 Å². The third kappa shape index (κ3) is 4.87. The minimum Gasteiger partial charge on any atom is -0.340 e. The fourth-order valence-corrected chi connectivity index (χ4v) is 3.63. The smallest absolute Gasteiger partial charge is 0.236 e. The van der Waals surface area contributed by atoms with Gasteiger partial charge in [-0.3, -0.25) is 9.69 Å². The fraction of sp³-hybridized carbons (Fsp3) is 0.615. The predicted octanol–water partition coefficient (Wildman–Crippen LogP) is 1.76. The van der Waals surface area contributed by atoms with Crippen LogP contribution in [0.5, 0.6) is 0 Å². The number of nitrogens with one attached hydrogen (secondary N) is 1. The van der Waals surface area contributed by atoms with Gasteiger partial charge in [-0.05, 0) is 41.5 Å². The van der Waals surface area contributed by atoms with Crippen LogP contribution in [-0.2, 0) is 11.3 Å².